The smallest absolute Gasteiger partial charge is 0.263 e. The van der Waals surface area contributed by atoms with E-state index in [4.69, 9.17) is 4.74 Å². The SMILES string of the molecule is CC[C@H](Oc1ccc(C)c(C)c1)C(=O)N(C)Cc1ccc(C)cc1. The highest BCUT2D eigenvalue weighted by Crippen LogP contribution is 2.19. The summed E-state index contributed by atoms with van der Waals surface area (Å²) in [6, 6.07) is 14.2. The van der Waals surface area contributed by atoms with Crippen LogP contribution in [0.15, 0.2) is 42.5 Å². The monoisotopic (exact) mass is 325 g/mol. The Balaban J connectivity index is 2.04. The summed E-state index contributed by atoms with van der Waals surface area (Å²) >= 11 is 0. The van der Waals surface area contributed by atoms with E-state index in [9.17, 15) is 4.79 Å². The molecule has 0 aliphatic heterocycles. The molecule has 0 aromatic heterocycles. The van der Waals surface area contributed by atoms with Gasteiger partial charge in [0.1, 0.15) is 5.75 Å². The number of aryl methyl sites for hydroxylation is 3. The summed E-state index contributed by atoms with van der Waals surface area (Å²) < 4.78 is 5.95. The molecule has 3 heteroatoms. The molecule has 1 atom stereocenters. The fourth-order valence-electron chi connectivity index (χ4n) is 2.55. The van der Waals surface area contributed by atoms with Crippen LogP contribution in [0.2, 0.25) is 0 Å². The summed E-state index contributed by atoms with van der Waals surface area (Å²) in [6.45, 7) is 8.74. The van der Waals surface area contributed by atoms with Crippen LogP contribution in [0.25, 0.3) is 0 Å². The number of hydrogen-bond acceptors (Lipinski definition) is 2. The van der Waals surface area contributed by atoms with Crippen molar-refractivity contribution in [1.29, 1.82) is 0 Å². The first-order valence-electron chi connectivity index (χ1n) is 8.45. The van der Waals surface area contributed by atoms with Crippen LogP contribution in [0.5, 0.6) is 5.75 Å². The molecule has 0 spiro atoms. The van der Waals surface area contributed by atoms with Gasteiger partial charge in [0.25, 0.3) is 5.91 Å². The standard InChI is InChI=1S/C21H27NO2/c1-6-20(24-19-12-9-16(3)17(4)13-19)21(23)22(5)14-18-10-7-15(2)8-11-18/h7-13,20H,6,14H2,1-5H3/t20-/m0/s1. The molecule has 1 amide bonds. The van der Waals surface area contributed by atoms with E-state index in [2.05, 4.69) is 45.0 Å². The van der Waals surface area contributed by atoms with Gasteiger partial charge in [0, 0.05) is 13.6 Å². The van der Waals surface area contributed by atoms with E-state index in [1.54, 1.807) is 4.90 Å². The molecule has 0 aliphatic rings. The van der Waals surface area contributed by atoms with E-state index in [-0.39, 0.29) is 5.91 Å². The molecule has 2 rings (SSSR count). The average molecular weight is 325 g/mol. The molecule has 0 bridgehead atoms. The highest BCUT2D eigenvalue weighted by atomic mass is 16.5. The number of rotatable bonds is 6. The molecule has 2 aromatic rings. The highest BCUT2D eigenvalue weighted by molar-refractivity contribution is 5.81. The summed E-state index contributed by atoms with van der Waals surface area (Å²) in [4.78, 5) is 14.4. The van der Waals surface area contributed by atoms with Crippen molar-refractivity contribution < 1.29 is 9.53 Å². The molecule has 0 unspecified atom stereocenters. The Bertz CT molecular complexity index is 691. The molecule has 0 N–H and O–H groups in total. The van der Waals surface area contributed by atoms with Crippen molar-refractivity contribution in [3.63, 3.8) is 0 Å². The average Bonchev–Trinajstić information content (AvgIpc) is 2.57. The third kappa shape index (κ3) is 4.60. The first kappa shape index (κ1) is 18.1. The lowest BCUT2D eigenvalue weighted by Crippen LogP contribution is -2.39. The minimum absolute atomic E-state index is 0.0105. The van der Waals surface area contributed by atoms with E-state index in [1.807, 2.05) is 32.2 Å². The van der Waals surface area contributed by atoms with Gasteiger partial charge in [-0.15, -0.1) is 0 Å². The van der Waals surface area contributed by atoms with Gasteiger partial charge in [-0.05, 0) is 56.0 Å². The number of carbonyl (C=O) groups is 1. The van der Waals surface area contributed by atoms with Gasteiger partial charge in [-0.1, -0.05) is 42.8 Å². The third-order valence-corrected chi connectivity index (χ3v) is 4.32. The molecule has 24 heavy (non-hydrogen) atoms. The van der Waals surface area contributed by atoms with Crippen molar-refractivity contribution in [3.05, 3.63) is 64.7 Å². The maximum Gasteiger partial charge on any atom is 0.263 e. The fourth-order valence-corrected chi connectivity index (χ4v) is 2.55. The van der Waals surface area contributed by atoms with Gasteiger partial charge in [-0.25, -0.2) is 0 Å². The Morgan fingerprint density at radius 3 is 2.29 bits per heavy atom. The number of amides is 1. The Morgan fingerprint density at radius 1 is 1.04 bits per heavy atom. The van der Waals surface area contributed by atoms with Crippen LogP contribution in [0, 0.1) is 20.8 Å². The zero-order valence-electron chi connectivity index (χ0n) is 15.3. The van der Waals surface area contributed by atoms with Gasteiger partial charge in [-0.3, -0.25) is 4.79 Å². The van der Waals surface area contributed by atoms with Crippen molar-refractivity contribution in [2.45, 2.75) is 46.8 Å². The topological polar surface area (TPSA) is 29.5 Å². The Kier molecular flexibility index (Phi) is 6.02. The lowest BCUT2D eigenvalue weighted by Gasteiger charge is -2.24. The number of likely N-dealkylation sites (N-methyl/N-ethyl adjacent to an activating group) is 1. The summed E-state index contributed by atoms with van der Waals surface area (Å²) in [6.07, 6.45) is 0.187. The first-order valence-corrected chi connectivity index (χ1v) is 8.45. The summed E-state index contributed by atoms with van der Waals surface area (Å²) in [5.74, 6) is 0.762. The van der Waals surface area contributed by atoms with Crippen LogP contribution >= 0.6 is 0 Å². The normalized spacial score (nSPS) is 11.9. The Hall–Kier alpha value is -2.29. The van der Waals surface area contributed by atoms with E-state index in [0.717, 1.165) is 11.3 Å². The number of nitrogens with zero attached hydrogens (tertiary/aromatic N) is 1. The summed E-state index contributed by atoms with van der Waals surface area (Å²) in [5, 5.41) is 0. The second kappa shape index (κ2) is 8.00. The van der Waals surface area contributed by atoms with Crippen LogP contribution < -0.4 is 4.74 Å². The third-order valence-electron chi connectivity index (χ3n) is 4.32. The lowest BCUT2D eigenvalue weighted by molar-refractivity contribution is -0.138. The predicted octanol–water partition coefficient (Wildman–Crippen LogP) is 4.43. The molecule has 2 aromatic carbocycles. The molecule has 0 saturated heterocycles. The second-order valence-electron chi connectivity index (χ2n) is 6.44. The molecular formula is C21H27NO2. The van der Waals surface area contributed by atoms with Crippen molar-refractivity contribution in [3.8, 4) is 5.75 Å². The molecule has 0 heterocycles. The Morgan fingerprint density at radius 2 is 1.71 bits per heavy atom. The van der Waals surface area contributed by atoms with Crippen LogP contribution in [0.3, 0.4) is 0 Å². The van der Waals surface area contributed by atoms with E-state index < -0.39 is 6.10 Å². The van der Waals surface area contributed by atoms with Crippen molar-refractivity contribution in [2.75, 3.05) is 7.05 Å². The van der Waals surface area contributed by atoms with Crippen LogP contribution in [0.4, 0.5) is 0 Å². The predicted molar refractivity (Wildman–Crippen MR) is 98.3 cm³/mol. The second-order valence-corrected chi connectivity index (χ2v) is 6.44. The zero-order chi connectivity index (χ0) is 17.7. The molecule has 0 saturated carbocycles. The lowest BCUT2D eigenvalue weighted by atomic mass is 10.1. The van der Waals surface area contributed by atoms with Gasteiger partial charge in [0.15, 0.2) is 6.10 Å². The number of ether oxygens (including phenoxy) is 1. The molecule has 128 valence electrons. The number of benzene rings is 2. The first-order chi connectivity index (χ1) is 11.4. The molecule has 3 nitrogen and oxygen atoms in total. The van der Waals surface area contributed by atoms with Gasteiger partial charge >= 0.3 is 0 Å². The summed E-state index contributed by atoms with van der Waals surface area (Å²) in [7, 11) is 1.83. The van der Waals surface area contributed by atoms with Crippen molar-refractivity contribution in [1.82, 2.24) is 4.90 Å². The van der Waals surface area contributed by atoms with Crippen molar-refractivity contribution >= 4 is 5.91 Å². The number of carbonyl (C=O) groups excluding carboxylic acids is 1. The largest absolute Gasteiger partial charge is 0.481 e. The van der Waals surface area contributed by atoms with Gasteiger partial charge in [-0.2, -0.15) is 0 Å². The fraction of sp³-hybridized carbons (Fsp3) is 0.381. The molecular weight excluding hydrogens is 298 g/mol. The molecule has 0 radical (unpaired) electrons. The minimum atomic E-state index is -0.456. The Labute approximate surface area is 145 Å². The maximum atomic E-state index is 12.7. The maximum absolute atomic E-state index is 12.7. The van der Waals surface area contributed by atoms with Gasteiger partial charge in [0.2, 0.25) is 0 Å². The molecule has 0 aliphatic carbocycles. The number of hydrogen-bond donors (Lipinski definition) is 0. The summed E-state index contributed by atoms with van der Waals surface area (Å²) in [5.41, 5.74) is 4.73. The van der Waals surface area contributed by atoms with Gasteiger partial charge < -0.3 is 9.64 Å². The van der Waals surface area contributed by atoms with E-state index >= 15 is 0 Å². The van der Waals surface area contributed by atoms with Crippen LogP contribution in [-0.2, 0) is 11.3 Å². The van der Waals surface area contributed by atoms with Gasteiger partial charge in [0.05, 0.1) is 0 Å². The molecule has 0 fully saturated rings. The highest BCUT2D eigenvalue weighted by Gasteiger charge is 2.22. The minimum Gasteiger partial charge on any atom is -0.481 e. The van der Waals surface area contributed by atoms with E-state index in [1.165, 1.54) is 16.7 Å². The van der Waals surface area contributed by atoms with Crippen molar-refractivity contribution in [2.24, 2.45) is 0 Å². The van der Waals surface area contributed by atoms with E-state index in [0.29, 0.717) is 13.0 Å². The zero-order valence-corrected chi connectivity index (χ0v) is 15.3. The van der Waals surface area contributed by atoms with Crippen LogP contribution in [0.1, 0.15) is 35.6 Å². The van der Waals surface area contributed by atoms with Crippen LogP contribution in [-0.4, -0.2) is 24.0 Å². The quantitative estimate of drug-likeness (QED) is 0.786.